The number of phenolic OH excluding ortho intramolecular Hbond substituents is 1. The summed E-state index contributed by atoms with van der Waals surface area (Å²) in [5, 5.41) is 22.8. The molecule has 4 aromatic rings. The molecule has 0 unspecified atom stereocenters. The molecule has 1 saturated heterocycles. The number of hydrogen-bond donors (Lipinski definition) is 4. The Morgan fingerprint density at radius 3 is 2.53 bits per heavy atom. The monoisotopic (exact) mass is 494 g/mol. The van der Waals surface area contributed by atoms with Crippen LogP contribution in [0, 0.1) is 0 Å². The zero-order chi connectivity index (χ0) is 19.8. The van der Waals surface area contributed by atoms with Crippen LogP contribution in [0.2, 0.25) is 0 Å². The number of benzene rings is 1. The van der Waals surface area contributed by atoms with Crippen LogP contribution in [-0.2, 0) is 0 Å². The average molecular weight is 496 g/mol. The number of nitrogens with two attached hydrogens (primary N) is 1. The van der Waals surface area contributed by atoms with E-state index in [4.69, 9.17) is 5.73 Å². The molecule has 4 heterocycles. The van der Waals surface area contributed by atoms with Crippen LogP contribution in [0.4, 0.5) is 5.82 Å². The Kier molecular flexibility index (Phi) is 8.69. The Morgan fingerprint density at radius 2 is 1.75 bits per heavy atom. The van der Waals surface area contributed by atoms with Gasteiger partial charge in [-0.3, -0.25) is 10.1 Å². The molecule has 0 atom stereocenters. The molecule has 1 aliphatic heterocycles. The second-order valence-corrected chi connectivity index (χ2v) is 7.43. The topological polar surface area (TPSA) is 113 Å². The molecule has 1 aliphatic rings. The van der Waals surface area contributed by atoms with E-state index in [1.54, 1.807) is 24.5 Å². The number of H-pyrrole nitrogens is 1. The molecule has 10 heteroatoms. The van der Waals surface area contributed by atoms with Gasteiger partial charge in [0.1, 0.15) is 11.6 Å². The molecule has 1 aromatic carbocycles. The first kappa shape index (κ1) is 25.7. The van der Waals surface area contributed by atoms with Crippen LogP contribution >= 0.6 is 37.2 Å². The highest BCUT2D eigenvalue weighted by molar-refractivity contribution is 5.91. The summed E-state index contributed by atoms with van der Waals surface area (Å²) in [4.78, 5) is 8.97. The number of anilines is 1. The van der Waals surface area contributed by atoms with Gasteiger partial charge in [0.05, 0.1) is 11.4 Å². The molecular weight excluding hydrogens is 471 g/mol. The van der Waals surface area contributed by atoms with Crippen molar-refractivity contribution < 1.29 is 5.11 Å². The highest BCUT2D eigenvalue weighted by Crippen LogP contribution is 2.36. The van der Waals surface area contributed by atoms with Crippen molar-refractivity contribution in [3.8, 4) is 28.1 Å². The van der Waals surface area contributed by atoms with Crippen molar-refractivity contribution in [2.24, 2.45) is 0 Å². The number of aromatic nitrogens is 4. The number of rotatable bonds is 3. The van der Waals surface area contributed by atoms with Crippen molar-refractivity contribution in [3.63, 3.8) is 0 Å². The highest BCUT2D eigenvalue weighted by atomic mass is 35.5. The minimum Gasteiger partial charge on any atom is -0.507 e. The molecule has 0 radical (unpaired) electrons. The first-order valence-corrected chi connectivity index (χ1v) is 9.79. The molecule has 0 amide bonds. The number of aromatic amines is 1. The predicted molar refractivity (Wildman–Crippen MR) is 135 cm³/mol. The third-order valence-corrected chi connectivity index (χ3v) is 5.64. The van der Waals surface area contributed by atoms with Crippen molar-refractivity contribution in [2.75, 3.05) is 18.8 Å². The van der Waals surface area contributed by atoms with Gasteiger partial charge in [-0.1, -0.05) is 12.1 Å². The van der Waals surface area contributed by atoms with Crippen molar-refractivity contribution >= 4 is 53.8 Å². The lowest BCUT2D eigenvalue weighted by Crippen LogP contribution is -2.27. The molecule has 0 bridgehead atoms. The molecular formula is C22H25Cl3N6O. The summed E-state index contributed by atoms with van der Waals surface area (Å²) in [5.74, 6) is 1.05. The van der Waals surface area contributed by atoms with Crippen molar-refractivity contribution in [1.82, 2.24) is 25.5 Å². The SMILES string of the molecule is Cl.Cl.Cl.Nc1ncc(-c2c[nH]nc2C2CCNCC2)cc1-c1cc2c(O)cccc2cn1. The second kappa shape index (κ2) is 10.8. The number of phenols is 1. The summed E-state index contributed by atoms with van der Waals surface area (Å²) in [6.45, 7) is 2.01. The fourth-order valence-electron chi connectivity index (χ4n) is 4.07. The van der Waals surface area contributed by atoms with Crippen LogP contribution in [0.5, 0.6) is 5.75 Å². The molecule has 0 spiro atoms. The lowest BCUT2D eigenvalue weighted by atomic mass is 9.90. The number of piperidine rings is 1. The van der Waals surface area contributed by atoms with Gasteiger partial charge >= 0.3 is 0 Å². The quantitative estimate of drug-likeness (QED) is 0.327. The van der Waals surface area contributed by atoms with Crippen molar-refractivity contribution in [2.45, 2.75) is 18.8 Å². The van der Waals surface area contributed by atoms with Gasteiger partial charge in [0.25, 0.3) is 0 Å². The number of nitrogens with zero attached hydrogens (tertiary/aromatic N) is 3. The molecule has 5 N–H and O–H groups in total. The van der Waals surface area contributed by atoms with Gasteiger partial charge < -0.3 is 16.2 Å². The Hall–Kier alpha value is -2.58. The van der Waals surface area contributed by atoms with E-state index >= 15 is 0 Å². The minimum atomic E-state index is 0. The van der Waals surface area contributed by atoms with Crippen molar-refractivity contribution in [3.05, 3.63) is 54.6 Å². The fourth-order valence-corrected chi connectivity index (χ4v) is 4.07. The number of nitrogen functional groups attached to an aromatic ring is 1. The van der Waals surface area contributed by atoms with Gasteiger partial charge in [0.2, 0.25) is 0 Å². The maximum Gasteiger partial charge on any atom is 0.132 e. The number of aromatic hydroxyl groups is 1. The molecule has 3 aromatic heterocycles. The fraction of sp³-hybridized carbons (Fsp3) is 0.227. The van der Waals surface area contributed by atoms with Crippen LogP contribution in [0.3, 0.4) is 0 Å². The van der Waals surface area contributed by atoms with E-state index in [-0.39, 0.29) is 43.0 Å². The van der Waals surface area contributed by atoms with Crippen LogP contribution in [-0.4, -0.2) is 38.4 Å². The Bertz CT molecular complexity index is 1190. The number of pyridine rings is 2. The van der Waals surface area contributed by atoms with E-state index in [0.29, 0.717) is 17.4 Å². The van der Waals surface area contributed by atoms with Gasteiger partial charge in [-0.25, -0.2) is 4.98 Å². The van der Waals surface area contributed by atoms with E-state index in [1.165, 1.54) is 0 Å². The summed E-state index contributed by atoms with van der Waals surface area (Å²) in [5.41, 5.74) is 10.7. The molecule has 0 aliphatic carbocycles. The van der Waals surface area contributed by atoms with Gasteiger partial charge in [-0.15, -0.1) is 37.2 Å². The van der Waals surface area contributed by atoms with E-state index in [1.807, 2.05) is 24.4 Å². The summed E-state index contributed by atoms with van der Waals surface area (Å²) in [7, 11) is 0. The lowest BCUT2D eigenvalue weighted by Gasteiger charge is -2.22. The summed E-state index contributed by atoms with van der Waals surface area (Å²) in [6, 6.07) is 9.25. The third-order valence-electron chi connectivity index (χ3n) is 5.64. The normalized spacial score (nSPS) is 13.6. The maximum absolute atomic E-state index is 10.2. The van der Waals surface area contributed by atoms with Crippen LogP contribution in [0.15, 0.2) is 48.9 Å². The number of halogens is 3. The first-order valence-electron chi connectivity index (χ1n) is 9.79. The zero-order valence-electron chi connectivity index (χ0n) is 17.1. The van der Waals surface area contributed by atoms with Crippen molar-refractivity contribution in [1.29, 1.82) is 0 Å². The Balaban J connectivity index is 0.00000121. The summed E-state index contributed by atoms with van der Waals surface area (Å²) < 4.78 is 0. The molecule has 0 saturated carbocycles. The summed E-state index contributed by atoms with van der Waals surface area (Å²) in [6.07, 6.45) is 7.59. The molecule has 1 fully saturated rings. The Labute approximate surface area is 204 Å². The predicted octanol–water partition coefficient (Wildman–Crippen LogP) is 4.71. The van der Waals surface area contributed by atoms with Gasteiger partial charge in [-0.2, -0.15) is 5.10 Å². The zero-order valence-corrected chi connectivity index (χ0v) is 19.6. The highest BCUT2D eigenvalue weighted by Gasteiger charge is 2.22. The standard InChI is InChI=1S/C22H22N6O.3ClH/c23-22-17(19-9-16-14(10-25-19)2-1-3-20(16)29)8-15(11-26-22)18-12-27-28-21(18)13-4-6-24-7-5-13;;;/h1-3,8-13,24,29H,4-7H2,(H2,23,26)(H,27,28);3*1H. The summed E-state index contributed by atoms with van der Waals surface area (Å²) >= 11 is 0. The lowest BCUT2D eigenvalue weighted by molar-refractivity contribution is 0.453. The Morgan fingerprint density at radius 1 is 0.969 bits per heavy atom. The van der Waals surface area contributed by atoms with E-state index in [0.717, 1.165) is 59.1 Å². The smallest absolute Gasteiger partial charge is 0.132 e. The van der Waals surface area contributed by atoms with Crippen LogP contribution in [0.1, 0.15) is 24.5 Å². The van der Waals surface area contributed by atoms with E-state index in [2.05, 4.69) is 25.5 Å². The minimum absolute atomic E-state index is 0. The van der Waals surface area contributed by atoms with Gasteiger partial charge in [-0.05, 0) is 44.1 Å². The third kappa shape index (κ3) is 4.76. The van der Waals surface area contributed by atoms with Gasteiger partial charge in [0, 0.05) is 52.0 Å². The number of hydrogen-bond acceptors (Lipinski definition) is 6. The van der Waals surface area contributed by atoms with E-state index < -0.39 is 0 Å². The molecule has 5 rings (SSSR count). The second-order valence-electron chi connectivity index (χ2n) is 7.43. The average Bonchev–Trinajstić information content (AvgIpc) is 3.25. The number of nitrogens with one attached hydrogen (secondary N) is 2. The maximum atomic E-state index is 10.2. The largest absolute Gasteiger partial charge is 0.507 e. The molecule has 7 nitrogen and oxygen atoms in total. The van der Waals surface area contributed by atoms with E-state index in [9.17, 15) is 5.11 Å². The molecule has 32 heavy (non-hydrogen) atoms. The van der Waals surface area contributed by atoms with Gasteiger partial charge in [0.15, 0.2) is 0 Å². The first-order chi connectivity index (χ1) is 14.2. The van der Waals surface area contributed by atoms with Crippen LogP contribution in [0.25, 0.3) is 33.2 Å². The molecule has 170 valence electrons. The number of fused-ring (bicyclic) bond motifs is 1. The van der Waals surface area contributed by atoms with Crippen LogP contribution < -0.4 is 11.1 Å².